The molecule has 0 amide bonds. The van der Waals surface area contributed by atoms with Crippen LogP contribution in [0.3, 0.4) is 0 Å². The molecule has 1 aromatic carbocycles. The largest absolute Gasteiger partial charge is 0.384 e. The number of benzene rings is 1. The Labute approximate surface area is 128 Å². The minimum atomic E-state index is -0.259. The Morgan fingerprint density at radius 3 is 2.81 bits per heavy atom. The van der Waals surface area contributed by atoms with Gasteiger partial charge in [0.1, 0.15) is 12.4 Å². The van der Waals surface area contributed by atoms with Crippen LogP contribution in [0, 0.1) is 17.7 Å². The second-order valence-corrected chi connectivity index (χ2v) is 5.85. The van der Waals surface area contributed by atoms with Gasteiger partial charge >= 0.3 is 0 Å². The average Bonchev–Trinajstić information content (AvgIpc) is 3.01. The summed E-state index contributed by atoms with van der Waals surface area (Å²) >= 11 is 1.71. The summed E-state index contributed by atoms with van der Waals surface area (Å²) in [5, 5.41) is 10.7. The van der Waals surface area contributed by atoms with E-state index < -0.39 is 0 Å². The van der Waals surface area contributed by atoms with Gasteiger partial charge in [0.05, 0.1) is 0 Å². The highest BCUT2D eigenvalue weighted by molar-refractivity contribution is 7.10. The Kier molecular flexibility index (Phi) is 5.51. The SMILES string of the molecule is CC(c1cccs1)N(C)Cc1ccc(C#CCO)cc1F. The predicted molar refractivity (Wildman–Crippen MR) is 84.6 cm³/mol. The van der Waals surface area contributed by atoms with E-state index in [1.165, 1.54) is 10.9 Å². The van der Waals surface area contributed by atoms with Crippen molar-refractivity contribution >= 4 is 11.3 Å². The van der Waals surface area contributed by atoms with Crippen molar-refractivity contribution in [3.05, 3.63) is 57.5 Å². The number of nitrogens with zero attached hydrogens (tertiary/aromatic N) is 1. The molecule has 0 bridgehead atoms. The number of halogens is 1. The molecule has 0 aliphatic carbocycles. The van der Waals surface area contributed by atoms with Gasteiger partial charge in [-0.3, -0.25) is 4.90 Å². The summed E-state index contributed by atoms with van der Waals surface area (Å²) in [6.45, 7) is 2.44. The van der Waals surface area contributed by atoms with Gasteiger partial charge in [-0.2, -0.15) is 0 Å². The van der Waals surface area contributed by atoms with Gasteiger partial charge in [-0.1, -0.05) is 24.0 Å². The maximum atomic E-state index is 14.1. The zero-order valence-electron chi connectivity index (χ0n) is 12.1. The van der Waals surface area contributed by atoms with Gasteiger partial charge < -0.3 is 5.11 Å². The van der Waals surface area contributed by atoms with E-state index in [4.69, 9.17) is 5.11 Å². The minimum Gasteiger partial charge on any atom is -0.384 e. The molecule has 0 fully saturated rings. The van der Waals surface area contributed by atoms with Crippen LogP contribution in [-0.4, -0.2) is 23.7 Å². The highest BCUT2D eigenvalue weighted by atomic mass is 32.1. The highest BCUT2D eigenvalue weighted by Gasteiger charge is 2.14. The van der Waals surface area contributed by atoms with Gasteiger partial charge in [-0.25, -0.2) is 4.39 Å². The van der Waals surface area contributed by atoms with E-state index in [1.807, 2.05) is 13.1 Å². The Bertz CT molecular complexity index is 643. The number of aliphatic hydroxyl groups excluding tert-OH is 1. The zero-order valence-corrected chi connectivity index (χ0v) is 13.0. The molecule has 1 N–H and O–H groups in total. The van der Waals surface area contributed by atoms with E-state index in [9.17, 15) is 4.39 Å². The van der Waals surface area contributed by atoms with E-state index >= 15 is 0 Å². The van der Waals surface area contributed by atoms with Crippen molar-refractivity contribution in [2.24, 2.45) is 0 Å². The van der Waals surface area contributed by atoms with Crippen LogP contribution in [0.2, 0.25) is 0 Å². The number of rotatable bonds is 4. The molecule has 0 spiro atoms. The van der Waals surface area contributed by atoms with Gasteiger partial charge in [-0.15, -0.1) is 11.3 Å². The average molecular weight is 303 g/mol. The van der Waals surface area contributed by atoms with Crippen molar-refractivity contribution in [2.45, 2.75) is 19.5 Å². The molecule has 1 atom stereocenters. The normalized spacial score (nSPS) is 12.0. The first-order chi connectivity index (χ1) is 10.1. The molecule has 2 aromatic rings. The number of hydrogen-bond acceptors (Lipinski definition) is 3. The first-order valence-electron chi connectivity index (χ1n) is 6.73. The fourth-order valence-electron chi connectivity index (χ4n) is 2.05. The summed E-state index contributed by atoms with van der Waals surface area (Å²) < 4.78 is 14.1. The Morgan fingerprint density at radius 2 is 2.19 bits per heavy atom. The molecule has 0 aliphatic rings. The van der Waals surface area contributed by atoms with Crippen molar-refractivity contribution in [3.63, 3.8) is 0 Å². The molecule has 1 aromatic heterocycles. The first kappa shape index (κ1) is 15.7. The Hall–Kier alpha value is -1.67. The van der Waals surface area contributed by atoms with Crippen LogP contribution in [0.4, 0.5) is 4.39 Å². The van der Waals surface area contributed by atoms with Crippen LogP contribution < -0.4 is 0 Å². The van der Waals surface area contributed by atoms with Crippen LogP contribution in [0.5, 0.6) is 0 Å². The lowest BCUT2D eigenvalue weighted by Gasteiger charge is -2.24. The number of hydrogen-bond donors (Lipinski definition) is 1. The Morgan fingerprint density at radius 1 is 1.38 bits per heavy atom. The topological polar surface area (TPSA) is 23.5 Å². The quantitative estimate of drug-likeness (QED) is 0.875. The molecule has 110 valence electrons. The summed E-state index contributed by atoms with van der Waals surface area (Å²) in [4.78, 5) is 3.38. The lowest BCUT2D eigenvalue weighted by atomic mass is 10.1. The van der Waals surface area contributed by atoms with Gasteiger partial charge in [0.15, 0.2) is 0 Å². The van der Waals surface area contributed by atoms with Crippen molar-refractivity contribution in [3.8, 4) is 11.8 Å². The molecule has 2 rings (SSSR count). The van der Waals surface area contributed by atoms with Gasteiger partial charge in [0.2, 0.25) is 0 Å². The Balaban J connectivity index is 2.09. The third-order valence-corrected chi connectivity index (χ3v) is 4.44. The van der Waals surface area contributed by atoms with Crippen molar-refractivity contribution < 1.29 is 9.50 Å². The molecule has 0 aliphatic heterocycles. The fourth-order valence-corrected chi connectivity index (χ4v) is 2.89. The molecule has 0 saturated heterocycles. The van der Waals surface area contributed by atoms with E-state index in [2.05, 4.69) is 35.1 Å². The molecule has 0 radical (unpaired) electrons. The predicted octanol–water partition coefficient (Wildman–Crippen LogP) is 3.42. The highest BCUT2D eigenvalue weighted by Crippen LogP contribution is 2.25. The zero-order chi connectivity index (χ0) is 15.2. The summed E-state index contributed by atoms with van der Waals surface area (Å²) in [5.41, 5.74) is 1.23. The number of aliphatic hydroxyl groups is 1. The lowest BCUT2D eigenvalue weighted by molar-refractivity contribution is 0.253. The second kappa shape index (κ2) is 7.37. The van der Waals surface area contributed by atoms with Gasteiger partial charge in [0.25, 0.3) is 0 Å². The molecular formula is C17H18FNOS. The van der Waals surface area contributed by atoms with Crippen LogP contribution in [0.25, 0.3) is 0 Å². The first-order valence-corrected chi connectivity index (χ1v) is 7.61. The summed E-state index contributed by atoms with van der Waals surface area (Å²) in [6.07, 6.45) is 0. The maximum Gasteiger partial charge on any atom is 0.128 e. The fraction of sp³-hybridized carbons (Fsp3) is 0.294. The van der Waals surface area contributed by atoms with E-state index in [1.54, 1.807) is 23.5 Å². The molecule has 4 heteroatoms. The van der Waals surface area contributed by atoms with E-state index in [0.717, 1.165) is 0 Å². The van der Waals surface area contributed by atoms with Crippen LogP contribution in [0.15, 0.2) is 35.7 Å². The van der Waals surface area contributed by atoms with Crippen LogP contribution in [0.1, 0.15) is 29.0 Å². The molecular weight excluding hydrogens is 285 g/mol. The number of thiophene rings is 1. The third kappa shape index (κ3) is 4.15. The molecule has 1 unspecified atom stereocenters. The van der Waals surface area contributed by atoms with Crippen molar-refractivity contribution in [1.29, 1.82) is 0 Å². The van der Waals surface area contributed by atoms with Crippen LogP contribution in [-0.2, 0) is 6.54 Å². The smallest absolute Gasteiger partial charge is 0.128 e. The second-order valence-electron chi connectivity index (χ2n) is 4.87. The maximum absolute atomic E-state index is 14.1. The summed E-state index contributed by atoms with van der Waals surface area (Å²) in [6, 6.07) is 9.33. The monoisotopic (exact) mass is 303 g/mol. The third-order valence-electron chi connectivity index (χ3n) is 3.40. The van der Waals surface area contributed by atoms with Crippen molar-refractivity contribution in [1.82, 2.24) is 4.90 Å². The van der Waals surface area contributed by atoms with E-state index in [0.29, 0.717) is 17.7 Å². The molecule has 2 nitrogen and oxygen atoms in total. The molecule has 1 heterocycles. The summed E-state index contributed by atoms with van der Waals surface area (Å²) in [5.74, 6) is 4.97. The van der Waals surface area contributed by atoms with Crippen molar-refractivity contribution in [2.75, 3.05) is 13.7 Å². The standard InChI is InChI=1S/C17H18FNOS/c1-13(17-6-4-10-21-17)19(2)12-15-8-7-14(5-3-9-20)11-16(15)18/h4,6-8,10-11,13,20H,9,12H2,1-2H3. The van der Waals surface area contributed by atoms with Gasteiger partial charge in [-0.05, 0) is 37.6 Å². The van der Waals surface area contributed by atoms with Gasteiger partial charge in [0, 0.05) is 28.6 Å². The van der Waals surface area contributed by atoms with Crippen LogP contribution >= 0.6 is 11.3 Å². The summed E-state index contributed by atoms with van der Waals surface area (Å²) in [7, 11) is 1.99. The lowest BCUT2D eigenvalue weighted by Crippen LogP contribution is -2.21. The molecule has 0 saturated carbocycles. The minimum absolute atomic E-state index is 0.218. The van der Waals surface area contributed by atoms with E-state index in [-0.39, 0.29) is 18.5 Å². The molecule has 21 heavy (non-hydrogen) atoms.